The number of rotatable bonds is 10. The highest BCUT2D eigenvalue weighted by Crippen LogP contribution is 2.37. The van der Waals surface area contributed by atoms with Gasteiger partial charge in [0.05, 0.1) is 7.11 Å². The van der Waals surface area contributed by atoms with Crippen LogP contribution in [0.1, 0.15) is 28.9 Å². The minimum absolute atomic E-state index is 0.0540. The first-order valence-corrected chi connectivity index (χ1v) is 10.6. The van der Waals surface area contributed by atoms with Crippen LogP contribution in [0.25, 0.3) is 0 Å². The van der Waals surface area contributed by atoms with Crippen LogP contribution in [0.3, 0.4) is 0 Å². The van der Waals surface area contributed by atoms with Gasteiger partial charge in [0.1, 0.15) is 11.8 Å². The van der Waals surface area contributed by atoms with E-state index in [9.17, 15) is 18.4 Å². The third kappa shape index (κ3) is 5.80. The Morgan fingerprint density at radius 2 is 2.12 bits per heavy atom. The van der Waals surface area contributed by atoms with Crippen molar-refractivity contribution in [3.8, 4) is 11.5 Å². The zero-order valence-corrected chi connectivity index (χ0v) is 18.4. The van der Waals surface area contributed by atoms with Gasteiger partial charge in [0.15, 0.2) is 16.6 Å². The van der Waals surface area contributed by atoms with E-state index < -0.39 is 12.5 Å². The second-order valence-corrected chi connectivity index (χ2v) is 7.93. The number of thiazole rings is 1. The van der Waals surface area contributed by atoms with E-state index in [1.54, 1.807) is 18.2 Å². The number of hydroxylamine groups is 2. The number of carbonyl (C=O) groups excluding carboxylic acids is 2. The third-order valence-electron chi connectivity index (χ3n) is 4.88. The lowest BCUT2D eigenvalue weighted by atomic mass is 9.81. The molecular formula is C21H23F2N3O5S. The number of nitrogens with zero attached hydrogens (tertiary/aromatic N) is 2. The van der Waals surface area contributed by atoms with Crippen molar-refractivity contribution in [3.63, 3.8) is 0 Å². The Kier molecular flexibility index (Phi) is 7.75. The van der Waals surface area contributed by atoms with Crippen molar-refractivity contribution in [1.29, 1.82) is 0 Å². The smallest absolute Gasteiger partial charge is 0.387 e. The maximum absolute atomic E-state index is 12.7. The number of allylic oxidation sites excluding steroid dienone is 1. The minimum Gasteiger partial charge on any atom is -0.486 e. The molecule has 32 heavy (non-hydrogen) atoms. The molecule has 8 nitrogen and oxygen atoms in total. The first kappa shape index (κ1) is 23.6. The molecule has 11 heteroatoms. The van der Waals surface area contributed by atoms with Gasteiger partial charge >= 0.3 is 6.61 Å². The molecule has 1 aromatic heterocycles. The molecule has 172 valence electrons. The van der Waals surface area contributed by atoms with E-state index in [1.165, 1.54) is 25.6 Å². The Bertz CT molecular complexity index is 978. The fourth-order valence-corrected chi connectivity index (χ4v) is 3.76. The zero-order chi connectivity index (χ0) is 23.3. The summed E-state index contributed by atoms with van der Waals surface area (Å²) in [7, 11) is 2.82. The van der Waals surface area contributed by atoms with Gasteiger partial charge in [-0.05, 0) is 37.0 Å². The summed E-state index contributed by atoms with van der Waals surface area (Å²) in [6.45, 7) is 0.693. The number of carbonyl (C=O) groups is 2. The van der Waals surface area contributed by atoms with Crippen LogP contribution in [0.5, 0.6) is 11.5 Å². The molecule has 3 rings (SSSR count). The number of hydrogen-bond donors (Lipinski definition) is 1. The van der Waals surface area contributed by atoms with E-state index in [-0.39, 0.29) is 35.1 Å². The molecule has 1 N–H and O–H groups in total. The largest absolute Gasteiger partial charge is 0.486 e. The lowest BCUT2D eigenvalue weighted by Crippen LogP contribution is -2.40. The van der Waals surface area contributed by atoms with Crippen molar-refractivity contribution in [3.05, 3.63) is 47.5 Å². The Labute approximate surface area is 187 Å². The van der Waals surface area contributed by atoms with Gasteiger partial charge in [-0.1, -0.05) is 12.1 Å². The van der Waals surface area contributed by atoms with Crippen LogP contribution in [0.2, 0.25) is 0 Å². The van der Waals surface area contributed by atoms with Gasteiger partial charge in [-0.15, -0.1) is 17.9 Å². The molecule has 0 aliphatic heterocycles. The van der Waals surface area contributed by atoms with Crippen molar-refractivity contribution < 1.29 is 32.7 Å². The predicted molar refractivity (Wildman–Crippen MR) is 114 cm³/mol. The number of aromatic nitrogens is 1. The van der Waals surface area contributed by atoms with Gasteiger partial charge in [0.2, 0.25) is 5.91 Å². The van der Waals surface area contributed by atoms with Gasteiger partial charge in [-0.2, -0.15) is 8.78 Å². The fourth-order valence-electron chi connectivity index (χ4n) is 3.07. The summed E-state index contributed by atoms with van der Waals surface area (Å²) in [5.74, 6) is -0.842. The molecule has 0 saturated heterocycles. The molecule has 0 unspecified atom stereocenters. The van der Waals surface area contributed by atoms with Gasteiger partial charge in [-0.25, -0.2) is 10.0 Å². The zero-order valence-electron chi connectivity index (χ0n) is 17.5. The van der Waals surface area contributed by atoms with Crippen LogP contribution in [-0.4, -0.2) is 48.7 Å². The van der Waals surface area contributed by atoms with Crippen molar-refractivity contribution in [1.82, 2.24) is 10.0 Å². The standard InChI is InChI=1S/C21H23F2N3O5S/c1-4-5-12-6-7-16(31-20(22)23)17(8-12)30-14-9-13(10-14)18(27)25-21-24-15(11-32-21)19(28)26(2)29-3/h4,6-8,11,13-14,20H,1,5,9-10H2,2-3H3,(H,24,25,27)/t13-,14-. The summed E-state index contributed by atoms with van der Waals surface area (Å²) < 4.78 is 35.7. The van der Waals surface area contributed by atoms with E-state index in [2.05, 4.69) is 21.6 Å². The topological polar surface area (TPSA) is 90.0 Å². The summed E-state index contributed by atoms with van der Waals surface area (Å²) in [6, 6.07) is 4.74. The molecule has 2 amide bonds. The van der Waals surface area contributed by atoms with E-state index in [0.717, 1.165) is 22.0 Å². The normalized spacial score (nSPS) is 17.4. The molecule has 0 atom stereocenters. The second-order valence-electron chi connectivity index (χ2n) is 7.07. The molecular weight excluding hydrogens is 444 g/mol. The molecule has 1 aliphatic carbocycles. The maximum Gasteiger partial charge on any atom is 0.387 e. The van der Waals surface area contributed by atoms with Crippen molar-refractivity contribution in [2.45, 2.75) is 32.0 Å². The molecule has 1 fully saturated rings. The van der Waals surface area contributed by atoms with Crippen LogP contribution >= 0.6 is 11.3 Å². The summed E-state index contributed by atoms with van der Waals surface area (Å²) in [4.78, 5) is 33.4. The Morgan fingerprint density at radius 1 is 1.38 bits per heavy atom. The van der Waals surface area contributed by atoms with Crippen LogP contribution in [0.4, 0.5) is 13.9 Å². The highest BCUT2D eigenvalue weighted by molar-refractivity contribution is 7.14. The lowest BCUT2D eigenvalue weighted by molar-refractivity contribution is -0.125. The van der Waals surface area contributed by atoms with Crippen LogP contribution in [0.15, 0.2) is 36.2 Å². The average Bonchev–Trinajstić information content (AvgIpc) is 3.18. The molecule has 1 aliphatic rings. The van der Waals surface area contributed by atoms with Crippen molar-refractivity contribution >= 4 is 28.3 Å². The molecule has 2 aromatic rings. The molecule has 1 aromatic carbocycles. The van der Waals surface area contributed by atoms with Crippen LogP contribution < -0.4 is 14.8 Å². The van der Waals surface area contributed by atoms with Gasteiger partial charge in [-0.3, -0.25) is 14.4 Å². The number of alkyl halides is 2. The van der Waals surface area contributed by atoms with Gasteiger partial charge < -0.3 is 14.8 Å². The van der Waals surface area contributed by atoms with Crippen LogP contribution in [-0.2, 0) is 16.1 Å². The summed E-state index contributed by atoms with van der Waals surface area (Å²) in [5, 5.41) is 5.55. The van der Waals surface area contributed by atoms with Crippen LogP contribution in [0, 0.1) is 5.92 Å². The number of anilines is 1. The Balaban J connectivity index is 1.55. The highest BCUT2D eigenvalue weighted by Gasteiger charge is 2.37. The molecule has 0 radical (unpaired) electrons. The van der Waals surface area contributed by atoms with Crippen molar-refractivity contribution in [2.75, 3.05) is 19.5 Å². The Hall–Kier alpha value is -3.05. The number of amides is 2. The number of halogens is 2. The SMILES string of the molecule is C=CCc1ccc(OC(F)F)c(O[C@H]2C[C@H](C(=O)Nc3nc(C(=O)N(C)OC)cs3)C2)c1. The second kappa shape index (κ2) is 10.5. The Morgan fingerprint density at radius 3 is 2.78 bits per heavy atom. The van der Waals surface area contributed by atoms with Gasteiger partial charge in [0, 0.05) is 18.3 Å². The van der Waals surface area contributed by atoms with E-state index >= 15 is 0 Å². The third-order valence-corrected chi connectivity index (χ3v) is 5.63. The first-order chi connectivity index (χ1) is 15.3. The van der Waals surface area contributed by atoms with Crippen molar-refractivity contribution in [2.24, 2.45) is 5.92 Å². The monoisotopic (exact) mass is 467 g/mol. The summed E-state index contributed by atoms with van der Waals surface area (Å²) in [5.41, 5.74) is 1.01. The number of benzene rings is 1. The first-order valence-electron chi connectivity index (χ1n) is 9.74. The number of ether oxygens (including phenoxy) is 2. The molecule has 0 spiro atoms. The predicted octanol–water partition coefficient (Wildman–Crippen LogP) is 3.90. The number of hydrogen-bond acceptors (Lipinski definition) is 7. The minimum atomic E-state index is -2.97. The quantitative estimate of drug-likeness (QED) is 0.421. The highest BCUT2D eigenvalue weighted by atomic mass is 32.1. The average molecular weight is 467 g/mol. The maximum atomic E-state index is 12.7. The molecule has 0 bridgehead atoms. The van der Waals surface area contributed by atoms with E-state index in [0.29, 0.717) is 24.4 Å². The van der Waals surface area contributed by atoms with E-state index in [1.807, 2.05) is 0 Å². The molecule has 1 heterocycles. The molecule has 1 saturated carbocycles. The number of nitrogens with one attached hydrogen (secondary N) is 1. The van der Waals surface area contributed by atoms with Gasteiger partial charge in [0.25, 0.3) is 5.91 Å². The van der Waals surface area contributed by atoms with E-state index in [4.69, 9.17) is 9.57 Å². The lowest BCUT2D eigenvalue weighted by Gasteiger charge is -2.34. The summed E-state index contributed by atoms with van der Waals surface area (Å²) >= 11 is 1.13. The summed E-state index contributed by atoms with van der Waals surface area (Å²) in [6.07, 6.45) is 2.76. The fraction of sp³-hybridized carbons (Fsp3) is 0.381.